The Hall–Kier alpha value is -1.10. The molecule has 2 aliphatic rings. The van der Waals surface area contributed by atoms with E-state index >= 15 is 0 Å². The van der Waals surface area contributed by atoms with Crippen molar-refractivity contribution in [2.75, 3.05) is 13.1 Å². The summed E-state index contributed by atoms with van der Waals surface area (Å²) in [6, 6.07) is 0.0486. The maximum absolute atomic E-state index is 12.1. The van der Waals surface area contributed by atoms with Crippen LogP contribution < -0.4 is 10.6 Å². The fraction of sp³-hybridized carbons (Fsp3) is 0.857. The maximum atomic E-state index is 12.1. The van der Waals surface area contributed by atoms with Crippen LogP contribution in [-0.2, 0) is 9.53 Å². The van der Waals surface area contributed by atoms with E-state index in [1.54, 1.807) is 0 Å². The Morgan fingerprint density at radius 1 is 1.47 bits per heavy atom. The summed E-state index contributed by atoms with van der Waals surface area (Å²) in [5.74, 6) is 0.347. The molecule has 1 spiro atoms. The fourth-order valence-corrected chi connectivity index (χ4v) is 3.01. The van der Waals surface area contributed by atoms with Crippen LogP contribution in [0.25, 0.3) is 0 Å². The Labute approximate surface area is 114 Å². The van der Waals surface area contributed by atoms with Gasteiger partial charge in [-0.05, 0) is 46.6 Å². The molecule has 0 aromatic carbocycles. The zero-order valence-electron chi connectivity index (χ0n) is 12.0. The highest BCUT2D eigenvalue weighted by Crippen LogP contribution is 2.38. The van der Waals surface area contributed by atoms with Gasteiger partial charge in [0, 0.05) is 24.4 Å². The van der Waals surface area contributed by atoms with E-state index in [1.165, 1.54) is 0 Å². The van der Waals surface area contributed by atoms with Crippen molar-refractivity contribution in [2.45, 2.75) is 58.1 Å². The molecule has 2 N–H and O–H groups in total. The number of amides is 1. The summed E-state index contributed by atoms with van der Waals surface area (Å²) in [6.45, 7) is 7.18. The van der Waals surface area contributed by atoms with Gasteiger partial charge in [-0.25, -0.2) is 4.79 Å². The van der Waals surface area contributed by atoms with Crippen LogP contribution in [0.15, 0.2) is 0 Å². The van der Waals surface area contributed by atoms with Crippen molar-refractivity contribution in [3.05, 3.63) is 0 Å². The molecule has 1 aliphatic carbocycles. The average molecular weight is 268 g/mol. The quantitative estimate of drug-likeness (QED) is 0.758. The van der Waals surface area contributed by atoms with E-state index < -0.39 is 5.60 Å². The molecule has 2 fully saturated rings. The lowest BCUT2D eigenvalue weighted by atomic mass is 9.70. The minimum absolute atomic E-state index is 0.0486. The Kier molecular flexibility index (Phi) is 3.85. The van der Waals surface area contributed by atoms with Crippen molar-refractivity contribution in [3.8, 4) is 0 Å². The van der Waals surface area contributed by atoms with Crippen LogP contribution in [0.1, 0.15) is 46.5 Å². The Bertz CT molecular complexity index is 367. The van der Waals surface area contributed by atoms with E-state index in [4.69, 9.17) is 4.74 Å². The molecule has 5 heteroatoms. The summed E-state index contributed by atoms with van der Waals surface area (Å²) in [5, 5.41) is 6.17. The molecule has 1 heterocycles. The second-order valence-electron chi connectivity index (χ2n) is 6.72. The van der Waals surface area contributed by atoms with Crippen molar-refractivity contribution in [1.29, 1.82) is 0 Å². The van der Waals surface area contributed by atoms with E-state index in [0.717, 1.165) is 32.4 Å². The predicted octanol–water partition coefficient (Wildman–Crippen LogP) is 1.61. The van der Waals surface area contributed by atoms with Crippen LogP contribution >= 0.6 is 0 Å². The molecule has 0 aromatic rings. The second-order valence-corrected chi connectivity index (χ2v) is 6.72. The molecule has 0 aromatic heterocycles. The van der Waals surface area contributed by atoms with Crippen LogP contribution in [0.2, 0.25) is 0 Å². The minimum Gasteiger partial charge on any atom is -0.444 e. The summed E-state index contributed by atoms with van der Waals surface area (Å²) in [7, 11) is 0. The Morgan fingerprint density at radius 2 is 2.21 bits per heavy atom. The molecule has 2 rings (SSSR count). The summed E-state index contributed by atoms with van der Waals surface area (Å²) >= 11 is 0. The number of ether oxygens (including phenoxy) is 1. The van der Waals surface area contributed by atoms with Crippen LogP contribution in [0.5, 0.6) is 0 Å². The molecule has 0 unspecified atom stereocenters. The van der Waals surface area contributed by atoms with Crippen LogP contribution in [-0.4, -0.2) is 36.6 Å². The monoisotopic (exact) mass is 268 g/mol. The number of carbonyl (C=O) groups excluding carboxylic acids is 2. The summed E-state index contributed by atoms with van der Waals surface area (Å²) < 4.78 is 5.27. The molecule has 5 nitrogen and oxygen atoms in total. The molecule has 0 radical (unpaired) electrons. The smallest absolute Gasteiger partial charge is 0.407 e. The van der Waals surface area contributed by atoms with E-state index in [1.807, 2.05) is 20.8 Å². The number of hydrogen-bond donors (Lipinski definition) is 2. The SMILES string of the molecule is CC(C)(C)OC(=O)N[C@H]1CCC(=O)[C@]2(CCNC2)C1. The van der Waals surface area contributed by atoms with Gasteiger partial charge in [0.15, 0.2) is 0 Å². The van der Waals surface area contributed by atoms with Crippen molar-refractivity contribution < 1.29 is 14.3 Å². The van der Waals surface area contributed by atoms with Gasteiger partial charge in [0.05, 0.1) is 0 Å². The highest BCUT2D eigenvalue weighted by Gasteiger charge is 2.45. The lowest BCUT2D eigenvalue weighted by Crippen LogP contribution is -2.48. The molecule has 1 saturated heterocycles. The second kappa shape index (κ2) is 5.12. The highest BCUT2D eigenvalue weighted by atomic mass is 16.6. The number of rotatable bonds is 1. The van der Waals surface area contributed by atoms with Crippen LogP contribution in [0.4, 0.5) is 4.79 Å². The number of carbonyl (C=O) groups is 2. The van der Waals surface area contributed by atoms with Crippen molar-refractivity contribution in [2.24, 2.45) is 5.41 Å². The minimum atomic E-state index is -0.485. The standard InChI is InChI=1S/C14H24N2O3/c1-13(2,3)19-12(18)16-10-4-5-11(17)14(8-10)6-7-15-9-14/h10,15H,4-9H2,1-3H3,(H,16,18)/t10-,14+/m0/s1. The number of alkyl carbamates (subject to hydrolysis) is 1. The third kappa shape index (κ3) is 3.47. The number of Topliss-reactive ketones (excluding diaryl/α,β-unsaturated/α-hetero) is 1. The molecule has 2 atom stereocenters. The third-order valence-corrected chi connectivity index (χ3v) is 3.91. The number of hydrogen-bond acceptors (Lipinski definition) is 4. The van der Waals surface area contributed by atoms with E-state index in [0.29, 0.717) is 12.2 Å². The van der Waals surface area contributed by atoms with Gasteiger partial charge >= 0.3 is 6.09 Å². The molecule has 19 heavy (non-hydrogen) atoms. The summed E-state index contributed by atoms with van der Waals surface area (Å²) in [4.78, 5) is 23.9. The summed E-state index contributed by atoms with van der Waals surface area (Å²) in [5.41, 5.74) is -0.737. The lowest BCUT2D eigenvalue weighted by Gasteiger charge is -2.36. The van der Waals surface area contributed by atoms with E-state index in [9.17, 15) is 9.59 Å². The molecule has 1 amide bonds. The normalized spacial score (nSPS) is 31.5. The van der Waals surface area contributed by atoms with Gasteiger partial charge in [-0.3, -0.25) is 4.79 Å². The molecular weight excluding hydrogens is 244 g/mol. The van der Waals surface area contributed by atoms with Gasteiger partial charge in [-0.1, -0.05) is 0 Å². The Balaban J connectivity index is 1.92. The predicted molar refractivity (Wildman–Crippen MR) is 71.9 cm³/mol. The van der Waals surface area contributed by atoms with Crippen LogP contribution in [0.3, 0.4) is 0 Å². The first kappa shape index (κ1) is 14.3. The number of nitrogens with one attached hydrogen (secondary N) is 2. The van der Waals surface area contributed by atoms with E-state index in [-0.39, 0.29) is 17.6 Å². The summed E-state index contributed by atoms with van der Waals surface area (Å²) in [6.07, 6.45) is 2.52. The Morgan fingerprint density at radius 3 is 2.79 bits per heavy atom. The largest absolute Gasteiger partial charge is 0.444 e. The van der Waals surface area contributed by atoms with Gasteiger partial charge in [0.2, 0.25) is 0 Å². The van der Waals surface area contributed by atoms with Gasteiger partial charge in [-0.2, -0.15) is 0 Å². The van der Waals surface area contributed by atoms with Crippen molar-refractivity contribution >= 4 is 11.9 Å². The average Bonchev–Trinajstić information content (AvgIpc) is 2.70. The van der Waals surface area contributed by atoms with Crippen molar-refractivity contribution in [3.63, 3.8) is 0 Å². The highest BCUT2D eigenvalue weighted by molar-refractivity contribution is 5.86. The lowest BCUT2D eigenvalue weighted by molar-refractivity contribution is -0.131. The van der Waals surface area contributed by atoms with Gasteiger partial charge in [0.1, 0.15) is 11.4 Å². The molecular formula is C14H24N2O3. The van der Waals surface area contributed by atoms with Gasteiger partial charge in [-0.15, -0.1) is 0 Å². The maximum Gasteiger partial charge on any atom is 0.407 e. The van der Waals surface area contributed by atoms with Crippen LogP contribution in [0, 0.1) is 5.41 Å². The third-order valence-electron chi connectivity index (χ3n) is 3.91. The van der Waals surface area contributed by atoms with E-state index in [2.05, 4.69) is 10.6 Å². The first-order valence-corrected chi connectivity index (χ1v) is 7.04. The zero-order chi connectivity index (χ0) is 14.1. The first-order valence-electron chi connectivity index (χ1n) is 7.04. The first-order chi connectivity index (χ1) is 8.81. The topological polar surface area (TPSA) is 67.4 Å². The van der Waals surface area contributed by atoms with Crippen molar-refractivity contribution in [1.82, 2.24) is 10.6 Å². The van der Waals surface area contributed by atoms with Gasteiger partial charge in [0.25, 0.3) is 0 Å². The fourth-order valence-electron chi connectivity index (χ4n) is 3.01. The van der Waals surface area contributed by atoms with Gasteiger partial charge < -0.3 is 15.4 Å². The molecule has 1 saturated carbocycles. The zero-order valence-corrected chi connectivity index (χ0v) is 12.0. The molecule has 1 aliphatic heterocycles. The molecule has 108 valence electrons. The number of ketones is 1. The molecule has 0 bridgehead atoms.